The van der Waals surface area contributed by atoms with Gasteiger partial charge in [-0.05, 0) is 24.6 Å². The molecule has 1 saturated heterocycles. The summed E-state index contributed by atoms with van der Waals surface area (Å²) in [5.74, 6) is 0.169. The zero-order valence-electron chi connectivity index (χ0n) is 14.0. The van der Waals surface area contributed by atoms with Crippen LogP contribution in [0.3, 0.4) is 0 Å². The summed E-state index contributed by atoms with van der Waals surface area (Å²) >= 11 is 6.02. The Morgan fingerprint density at radius 1 is 1.40 bits per heavy atom. The Kier molecular flexibility index (Phi) is 5.13. The lowest BCUT2D eigenvalue weighted by atomic mass is 10.1. The summed E-state index contributed by atoms with van der Waals surface area (Å²) in [5, 5.41) is 3.16. The van der Waals surface area contributed by atoms with Crippen LogP contribution in [0, 0.1) is 0 Å². The van der Waals surface area contributed by atoms with Gasteiger partial charge in [-0.3, -0.25) is 14.5 Å². The first kappa shape index (κ1) is 17.5. The topological polar surface area (TPSA) is 79.0 Å². The summed E-state index contributed by atoms with van der Waals surface area (Å²) in [4.78, 5) is 39.5. The number of hydrogen-bond acceptors (Lipinski definition) is 4. The van der Waals surface area contributed by atoms with Gasteiger partial charge in [-0.2, -0.15) is 0 Å². The average Bonchev–Trinajstić information content (AvgIpc) is 2.76. The molecule has 0 aromatic heterocycles. The van der Waals surface area contributed by atoms with E-state index in [0.29, 0.717) is 43.4 Å². The summed E-state index contributed by atoms with van der Waals surface area (Å²) in [6.07, 6.45) is 0.627. The highest BCUT2D eigenvalue weighted by Gasteiger charge is 2.39. The fraction of sp³-hybridized carbons (Fsp3) is 0.471. The molecule has 0 spiro atoms. The number of halogens is 1. The molecule has 0 aliphatic carbocycles. The van der Waals surface area contributed by atoms with Gasteiger partial charge in [0.2, 0.25) is 5.91 Å². The van der Waals surface area contributed by atoms with E-state index in [4.69, 9.17) is 16.3 Å². The maximum Gasteiger partial charge on any atom is 0.324 e. The van der Waals surface area contributed by atoms with Gasteiger partial charge in [0.15, 0.2) is 0 Å². The van der Waals surface area contributed by atoms with Crippen LogP contribution in [0.5, 0.6) is 5.75 Å². The number of amides is 4. The number of ether oxygens (including phenoxy) is 1. The van der Waals surface area contributed by atoms with Crippen LogP contribution < -0.4 is 10.1 Å². The van der Waals surface area contributed by atoms with E-state index in [2.05, 4.69) is 5.32 Å². The second kappa shape index (κ2) is 7.31. The first-order chi connectivity index (χ1) is 12.0. The molecule has 25 heavy (non-hydrogen) atoms. The Bertz CT molecular complexity index is 709. The van der Waals surface area contributed by atoms with Gasteiger partial charge in [0.05, 0.1) is 13.0 Å². The molecule has 4 amide bonds. The van der Waals surface area contributed by atoms with Gasteiger partial charge in [-0.15, -0.1) is 0 Å². The Morgan fingerprint density at radius 2 is 2.20 bits per heavy atom. The van der Waals surface area contributed by atoms with Crippen molar-refractivity contribution in [2.24, 2.45) is 0 Å². The van der Waals surface area contributed by atoms with Crippen LogP contribution in [-0.2, 0) is 16.1 Å². The molecule has 2 aliphatic heterocycles. The van der Waals surface area contributed by atoms with Crippen molar-refractivity contribution in [1.29, 1.82) is 0 Å². The highest BCUT2D eigenvalue weighted by atomic mass is 35.5. The molecule has 1 fully saturated rings. The van der Waals surface area contributed by atoms with Crippen LogP contribution in [0.25, 0.3) is 0 Å². The van der Waals surface area contributed by atoms with Crippen LogP contribution in [0.2, 0.25) is 5.02 Å². The minimum absolute atomic E-state index is 0.0549. The second-order valence-electron chi connectivity index (χ2n) is 6.11. The van der Waals surface area contributed by atoms with Gasteiger partial charge in [-0.25, -0.2) is 4.79 Å². The summed E-state index contributed by atoms with van der Waals surface area (Å²) in [5.41, 5.74) is 0.827. The SMILES string of the molecule is CCCN1C(=O)N[C@H](CC(=O)N2CCOc3ccc(Cl)cc3C2)C1=O. The van der Waals surface area contributed by atoms with Crippen molar-refractivity contribution < 1.29 is 19.1 Å². The minimum Gasteiger partial charge on any atom is -0.491 e. The number of urea groups is 1. The van der Waals surface area contributed by atoms with Gasteiger partial charge in [0.25, 0.3) is 5.91 Å². The highest BCUT2D eigenvalue weighted by Crippen LogP contribution is 2.26. The number of fused-ring (bicyclic) bond motifs is 1. The highest BCUT2D eigenvalue weighted by molar-refractivity contribution is 6.30. The Labute approximate surface area is 150 Å². The van der Waals surface area contributed by atoms with Crippen molar-refractivity contribution in [2.75, 3.05) is 19.7 Å². The maximum atomic E-state index is 12.6. The van der Waals surface area contributed by atoms with Gasteiger partial charge in [0.1, 0.15) is 18.4 Å². The van der Waals surface area contributed by atoms with Crippen LogP contribution >= 0.6 is 11.6 Å². The average molecular weight is 366 g/mol. The molecule has 1 N–H and O–H groups in total. The van der Waals surface area contributed by atoms with E-state index in [1.54, 1.807) is 23.1 Å². The lowest BCUT2D eigenvalue weighted by Crippen LogP contribution is -2.39. The molecule has 0 unspecified atom stereocenters. The smallest absolute Gasteiger partial charge is 0.324 e. The molecule has 134 valence electrons. The largest absolute Gasteiger partial charge is 0.491 e. The van der Waals surface area contributed by atoms with Crippen molar-refractivity contribution >= 4 is 29.4 Å². The summed E-state index contributed by atoms with van der Waals surface area (Å²) in [6.45, 7) is 3.39. The number of rotatable bonds is 4. The van der Waals surface area contributed by atoms with Gasteiger partial charge < -0.3 is 15.0 Å². The van der Waals surface area contributed by atoms with E-state index >= 15 is 0 Å². The van der Waals surface area contributed by atoms with E-state index in [9.17, 15) is 14.4 Å². The molecular weight excluding hydrogens is 346 g/mol. The molecule has 0 saturated carbocycles. The monoisotopic (exact) mass is 365 g/mol. The van der Waals surface area contributed by atoms with Gasteiger partial charge in [-0.1, -0.05) is 18.5 Å². The number of hydrogen-bond donors (Lipinski definition) is 1. The molecule has 2 aliphatic rings. The zero-order valence-corrected chi connectivity index (χ0v) is 14.7. The molecule has 0 radical (unpaired) electrons. The third kappa shape index (κ3) is 3.71. The third-order valence-corrected chi connectivity index (χ3v) is 4.52. The molecule has 7 nitrogen and oxygen atoms in total. The first-order valence-corrected chi connectivity index (χ1v) is 8.68. The van der Waals surface area contributed by atoms with E-state index < -0.39 is 12.1 Å². The van der Waals surface area contributed by atoms with Crippen LogP contribution in [0.15, 0.2) is 18.2 Å². The van der Waals surface area contributed by atoms with Crippen LogP contribution in [0.4, 0.5) is 4.79 Å². The fourth-order valence-electron chi connectivity index (χ4n) is 3.03. The van der Waals surface area contributed by atoms with Crippen molar-refractivity contribution in [3.8, 4) is 5.75 Å². The second-order valence-corrected chi connectivity index (χ2v) is 6.55. The number of nitrogens with zero attached hydrogens (tertiary/aromatic N) is 2. The molecule has 1 aromatic carbocycles. The standard InChI is InChI=1S/C17H20ClN3O4/c1-2-5-21-16(23)13(19-17(21)24)9-15(22)20-6-7-25-14-4-3-12(18)8-11(14)10-20/h3-4,8,13H,2,5-7,9-10H2,1H3,(H,19,24)/t13-/m1/s1. The fourth-order valence-corrected chi connectivity index (χ4v) is 3.22. The quantitative estimate of drug-likeness (QED) is 0.825. The van der Waals surface area contributed by atoms with Crippen molar-refractivity contribution in [3.63, 3.8) is 0 Å². The molecule has 1 aromatic rings. The van der Waals surface area contributed by atoms with E-state index in [1.165, 1.54) is 4.90 Å². The van der Waals surface area contributed by atoms with Crippen molar-refractivity contribution in [1.82, 2.24) is 15.1 Å². The maximum absolute atomic E-state index is 12.6. The number of benzene rings is 1. The van der Waals surface area contributed by atoms with Crippen LogP contribution in [0.1, 0.15) is 25.3 Å². The van der Waals surface area contributed by atoms with E-state index in [-0.39, 0.29) is 18.2 Å². The van der Waals surface area contributed by atoms with Crippen molar-refractivity contribution in [2.45, 2.75) is 32.4 Å². The zero-order chi connectivity index (χ0) is 18.0. The molecule has 0 bridgehead atoms. The molecule has 1 atom stereocenters. The van der Waals surface area contributed by atoms with E-state index in [1.807, 2.05) is 6.92 Å². The molecule has 3 rings (SSSR count). The predicted octanol–water partition coefficient (Wildman–Crippen LogP) is 1.78. The predicted molar refractivity (Wildman–Crippen MR) is 91.3 cm³/mol. The summed E-state index contributed by atoms with van der Waals surface area (Å²) < 4.78 is 5.64. The van der Waals surface area contributed by atoms with Crippen molar-refractivity contribution in [3.05, 3.63) is 28.8 Å². The normalized spacial score (nSPS) is 20.0. The number of carbonyl (C=O) groups is 3. The van der Waals surface area contributed by atoms with E-state index in [0.717, 1.165) is 5.56 Å². The molecular formula is C17H20ClN3O4. The minimum atomic E-state index is -0.797. The molecule has 8 heteroatoms. The van der Waals surface area contributed by atoms with Gasteiger partial charge in [0, 0.05) is 23.7 Å². The Balaban J connectivity index is 1.67. The summed E-state index contributed by atoms with van der Waals surface area (Å²) in [7, 11) is 0. The Hall–Kier alpha value is -2.28. The number of nitrogens with one attached hydrogen (secondary N) is 1. The van der Waals surface area contributed by atoms with Gasteiger partial charge >= 0.3 is 6.03 Å². The molecule has 2 heterocycles. The number of carbonyl (C=O) groups excluding carboxylic acids is 3. The first-order valence-electron chi connectivity index (χ1n) is 8.30. The lowest BCUT2D eigenvalue weighted by Gasteiger charge is -2.21. The Morgan fingerprint density at radius 3 is 2.96 bits per heavy atom. The lowest BCUT2D eigenvalue weighted by molar-refractivity contribution is -0.136. The number of imide groups is 1. The summed E-state index contributed by atoms with van der Waals surface area (Å²) in [6, 6.07) is 4.08. The van der Waals surface area contributed by atoms with Crippen LogP contribution in [-0.4, -0.2) is 53.4 Å². The third-order valence-electron chi connectivity index (χ3n) is 4.29.